The summed E-state index contributed by atoms with van der Waals surface area (Å²) in [6.45, 7) is 0. The van der Waals surface area contributed by atoms with Crippen LogP contribution in [0.3, 0.4) is 0 Å². The third-order valence-electron chi connectivity index (χ3n) is 3.01. The predicted molar refractivity (Wildman–Crippen MR) is 90.1 cm³/mol. The van der Waals surface area contributed by atoms with Gasteiger partial charge in [0.15, 0.2) is 5.95 Å². The van der Waals surface area contributed by atoms with E-state index >= 15 is 0 Å². The van der Waals surface area contributed by atoms with Crippen molar-refractivity contribution in [1.82, 2.24) is 9.97 Å². The number of nitrogens with one attached hydrogen (secondary N) is 1. The Morgan fingerprint density at radius 2 is 1.85 bits per heavy atom. The van der Waals surface area contributed by atoms with Gasteiger partial charge in [0.2, 0.25) is 0 Å². The van der Waals surface area contributed by atoms with Crippen molar-refractivity contribution in [3.63, 3.8) is 0 Å². The predicted octanol–water partition coefficient (Wildman–Crippen LogP) is 3.28. The molecule has 0 unspecified atom stereocenters. The molecule has 0 bridgehead atoms. The number of imidazole rings is 1. The van der Waals surface area contributed by atoms with Crippen LogP contribution < -0.4 is 5.73 Å². The molecule has 3 nitrogen and oxygen atoms in total. The number of H-pyrrole nitrogens is 1. The van der Waals surface area contributed by atoms with Crippen LogP contribution in [0.25, 0.3) is 16.6 Å². The normalized spacial score (nSPS) is 11.3. The zero-order chi connectivity index (χ0) is 13.2. The van der Waals surface area contributed by atoms with Crippen molar-refractivity contribution in [3.8, 4) is 0 Å². The topological polar surface area (TPSA) is 54.7 Å². The molecular weight excluding hydrogens is 325 g/mol. The molecule has 0 amide bonds. The minimum atomic E-state index is 0. The van der Waals surface area contributed by atoms with Crippen molar-refractivity contribution in [2.75, 3.05) is 5.73 Å². The van der Waals surface area contributed by atoms with E-state index in [1.54, 1.807) is 0 Å². The Morgan fingerprint density at radius 1 is 1.10 bits per heavy atom. The van der Waals surface area contributed by atoms with Crippen LogP contribution in [0, 0.1) is 0 Å². The first kappa shape index (κ1) is 15.3. The maximum atomic E-state index is 5.67. The average molecular weight is 338 g/mol. The van der Waals surface area contributed by atoms with Gasteiger partial charge in [-0.1, -0.05) is 52.3 Å². The number of nitrogens with zero attached hydrogens (tertiary/aromatic N) is 1. The monoisotopic (exact) mass is 337 g/mol. The van der Waals surface area contributed by atoms with Crippen molar-refractivity contribution in [2.45, 2.75) is 0 Å². The van der Waals surface area contributed by atoms with Crippen molar-refractivity contribution in [3.05, 3.63) is 64.6 Å². The van der Waals surface area contributed by atoms with Gasteiger partial charge in [-0.05, 0) is 33.8 Å². The second-order valence-electron chi connectivity index (χ2n) is 4.24. The van der Waals surface area contributed by atoms with Gasteiger partial charge in [0.05, 0.1) is 11.0 Å². The van der Waals surface area contributed by atoms with Crippen LogP contribution in [0.1, 0.15) is 11.1 Å². The molecule has 0 spiro atoms. The number of nitrogen functional groups attached to an aromatic ring is 1. The van der Waals surface area contributed by atoms with Crippen molar-refractivity contribution >= 4 is 68.0 Å². The summed E-state index contributed by atoms with van der Waals surface area (Å²) in [4.78, 5) is 9.19. The van der Waals surface area contributed by atoms with Crippen molar-refractivity contribution < 1.29 is 0 Å². The van der Waals surface area contributed by atoms with E-state index in [1.165, 1.54) is 0 Å². The molecule has 0 fully saturated rings. The Morgan fingerprint density at radius 3 is 2.55 bits per heavy atom. The van der Waals surface area contributed by atoms with Crippen LogP contribution >= 0.6 is 15.9 Å². The number of benzene rings is 2. The molecule has 96 valence electrons. The first-order valence-electron chi connectivity index (χ1n) is 5.89. The standard InChI is InChI=1S/C15H12BrN3.Na.H/c16-9-12(10-4-2-1-3-5-10)11-6-7-13-14(8-11)19-15(17)18-13;;/h1-9H,(H3,17,18,19);;/b12-9+;;. The van der Waals surface area contributed by atoms with Crippen LogP contribution in [0.15, 0.2) is 53.5 Å². The number of aromatic nitrogens is 2. The van der Waals surface area contributed by atoms with Gasteiger partial charge in [-0.2, -0.15) is 0 Å². The zero-order valence-corrected chi connectivity index (χ0v) is 11.7. The quantitative estimate of drug-likeness (QED) is 0.705. The molecular formula is C15H13BrN3Na. The molecule has 3 aromatic rings. The molecule has 1 heterocycles. The van der Waals surface area contributed by atoms with Crippen molar-refractivity contribution in [2.24, 2.45) is 0 Å². The summed E-state index contributed by atoms with van der Waals surface area (Å²) in [7, 11) is 0. The molecule has 0 aliphatic heterocycles. The number of halogens is 1. The van der Waals surface area contributed by atoms with Crippen LogP contribution in [0.2, 0.25) is 0 Å². The van der Waals surface area contributed by atoms with Crippen LogP contribution in [-0.2, 0) is 0 Å². The fourth-order valence-corrected chi connectivity index (χ4v) is 2.64. The molecule has 0 atom stereocenters. The minimum absolute atomic E-state index is 0. The summed E-state index contributed by atoms with van der Waals surface area (Å²) in [6.07, 6.45) is 0. The number of rotatable bonds is 2. The Bertz CT molecular complexity index is 750. The van der Waals surface area contributed by atoms with Gasteiger partial charge >= 0.3 is 29.6 Å². The van der Waals surface area contributed by atoms with E-state index in [0.717, 1.165) is 27.7 Å². The third-order valence-corrected chi connectivity index (χ3v) is 3.46. The van der Waals surface area contributed by atoms with E-state index in [0.29, 0.717) is 5.95 Å². The molecule has 3 N–H and O–H groups in total. The molecule has 0 aliphatic carbocycles. The molecule has 0 aliphatic rings. The fourth-order valence-electron chi connectivity index (χ4n) is 2.11. The molecule has 20 heavy (non-hydrogen) atoms. The molecule has 3 rings (SSSR count). The molecule has 1 aromatic heterocycles. The maximum absolute atomic E-state index is 5.67. The van der Waals surface area contributed by atoms with Gasteiger partial charge < -0.3 is 10.7 Å². The summed E-state index contributed by atoms with van der Waals surface area (Å²) in [5.41, 5.74) is 10.9. The number of hydrogen-bond donors (Lipinski definition) is 2. The summed E-state index contributed by atoms with van der Waals surface area (Å²) in [5.74, 6) is 0.441. The zero-order valence-electron chi connectivity index (χ0n) is 10.1. The Kier molecular flexibility index (Phi) is 5.05. The van der Waals surface area contributed by atoms with E-state index in [9.17, 15) is 0 Å². The molecule has 0 saturated heterocycles. The second-order valence-corrected chi connectivity index (χ2v) is 4.70. The first-order chi connectivity index (χ1) is 9.28. The summed E-state index contributed by atoms with van der Waals surface area (Å²) in [5, 5.41) is 0. The molecule has 0 saturated carbocycles. The molecule has 5 heteroatoms. The van der Waals surface area contributed by atoms with Gasteiger partial charge in [0, 0.05) is 0 Å². The van der Waals surface area contributed by atoms with E-state index in [4.69, 9.17) is 5.73 Å². The summed E-state index contributed by atoms with van der Waals surface area (Å²) in [6, 6.07) is 16.3. The van der Waals surface area contributed by atoms with Crippen LogP contribution in [-0.4, -0.2) is 39.5 Å². The second kappa shape index (κ2) is 6.59. The van der Waals surface area contributed by atoms with Gasteiger partial charge in [0.1, 0.15) is 0 Å². The van der Waals surface area contributed by atoms with Crippen molar-refractivity contribution in [1.29, 1.82) is 0 Å². The van der Waals surface area contributed by atoms with Gasteiger partial charge in [0.25, 0.3) is 0 Å². The van der Waals surface area contributed by atoms with E-state index in [1.807, 2.05) is 35.3 Å². The average Bonchev–Trinajstić information content (AvgIpc) is 2.80. The number of aromatic amines is 1. The summed E-state index contributed by atoms with van der Waals surface area (Å²) < 4.78 is 0. The molecule has 0 radical (unpaired) electrons. The number of hydrogen-bond acceptors (Lipinski definition) is 2. The number of anilines is 1. The van der Waals surface area contributed by atoms with Crippen LogP contribution in [0.5, 0.6) is 0 Å². The Labute approximate surface area is 147 Å². The van der Waals surface area contributed by atoms with E-state index < -0.39 is 0 Å². The Hall–Kier alpha value is -1.07. The third kappa shape index (κ3) is 2.99. The fraction of sp³-hybridized carbons (Fsp3) is 0. The number of nitrogens with two attached hydrogens (primary N) is 1. The SMILES string of the molecule is Nc1nc2ccc(/C(=C/Br)c3ccccc3)cc2[nH]1.[NaH]. The first-order valence-corrected chi connectivity index (χ1v) is 6.81. The van der Waals surface area contributed by atoms with Crippen LogP contribution in [0.4, 0.5) is 5.95 Å². The summed E-state index contributed by atoms with van der Waals surface area (Å²) >= 11 is 3.45. The van der Waals surface area contributed by atoms with Gasteiger partial charge in [-0.15, -0.1) is 0 Å². The Balaban J connectivity index is 0.00000147. The van der Waals surface area contributed by atoms with Gasteiger partial charge in [-0.25, -0.2) is 4.98 Å². The van der Waals surface area contributed by atoms with E-state index in [2.05, 4.69) is 44.1 Å². The number of fused-ring (bicyclic) bond motifs is 1. The van der Waals surface area contributed by atoms with Gasteiger partial charge in [-0.3, -0.25) is 0 Å². The van der Waals surface area contributed by atoms with E-state index in [-0.39, 0.29) is 29.6 Å². The molecule has 2 aromatic carbocycles.